The second kappa shape index (κ2) is 9.66. The molecule has 0 unspecified atom stereocenters. The van der Waals surface area contributed by atoms with Crippen LogP contribution in [0.5, 0.6) is 5.75 Å². The van der Waals surface area contributed by atoms with E-state index in [-0.39, 0.29) is 0 Å². The van der Waals surface area contributed by atoms with Crippen molar-refractivity contribution in [2.75, 3.05) is 0 Å². The van der Waals surface area contributed by atoms with E-state index in [0.717, 1.165) is 15.8 Å². The average Bonchev–Trinajstić information content (AvgIpc) is 2.93. The van der Waals surface area contributed by atoms with Crippen LogP contribution < -0.4 is 15.1 Å². The highest BCUT2D eigenvalue weighted by molar-refractivity contribution is 9.10. The maximum Gasteiger partial charge on any atom is 0.150 e. The highest BCUT2D eigenvalue weighted by Gasteiger charge is 2.18. The molecule has 0 radical (unpaired) electrons. The van der Waals surface area contributed by atoms with E-state index in [2.05, 4.69) is 137 Å². The van der Waals surface area contributed by atoms with Gasteiger partial charge in [-0.3, -0.25) is 0 Å². The molecule has 0 aliphatic heterocycles. The number of rotatable bonds is 5. The van der Waals surface area contributed by atoms with Gasteiger partial charge < -0.3 is 4.52 Å². The van der Waals surface area contributed by atoms with Crippen LogP contribution in [0.25, 0.3) is 32.7 Å². The molecule has 0 aliphatic carbocycles. The summed E-state index contributed by atoms with van der Waals surface area (Å²) in [6.07, 6.45) is 0. The summed E-state index contributed by atoms with van der Waals surface area (Å²) in [5.41, 5.74) is 2.38. The van der Waals surface area contributed by atoms with Crippen LogP contribution in [0.3, 0.4) is 0 Å². The summed E-state index contributed by atoms with van der Waals surface area (Å²) >= 11 is 3.87. The second-order valence-electron chi connectivity index (χ2n) is 8.36. The number of fused-ring (bicyclic) bond motifs is 2. The van der Waals surface area contributed by atoms with E-state index in [9.17, 15) is 0 Å². The predicted octanol–water partition coefficient (Wildman–Crippen LogP) is 8.85. The quantitative estimate of drug-likeness (QED) is 0.159. The van der Waals surface area contributed by atoms with E-state index in [4.69, 9.17) is 4.52 Å². The largest absolute Gasteiger partial charge is 0.464 e. The summed E-state index contributed by atoms with van der Waals surface area (Å²) in [5, 5.41) is 7.26. The van der Waals surface area contributed by atoms with Crippen LogP contribution in [0.1, 0.15) is 0 Å². The molecule has 6 aromatic carbocycles. The van der Waals surface area contributed by atoms with Gasteiger partial charge >= 0.3 is 0 Å². The normalized spacial score (nSPS) is 11.3. The van der Waals surface area contributed by atoms with Crippen molar-refractivity contribution in [3.8, 4) is 16.9 Å². The molecule has 0 fully saturated rings. The van der Waals surface area contributed by atoms with Gasteiger partial charge in [0.25, 0.3) is 0 Å². The van der Waals surface area contributed by atoms with Crippen molar-refractivity contribution in [2.24, 2.45) is 0 Å². The Morgan fingerprint density at radius 2 is 0.971 bits per heavy atom. The first-order valence-electron chi connectivity index (χ1n) is 11.6. The third kappa shape index (κ3) is 4.25. The Labute approximate surface area is 215 Å². The monoisotopic (exact) mass is 532 g/mol. The van der Waals surface area contributed by atoms with E-state index in [1.807, 2.05) is 12.1 Å². The molecule has 0 saturated heterocycles. The van der Waals surface area contributed by atoms with E-state index in [0.29, 0.717) is 0 Å². The van der Waals surface area contributed by atoms with Crippen molar-refractivity contribution in [2.45, 2.75) is 0 Å². The second-order valence-corrected chi connectivity index (χ2v) is 11.0. The molecule has 0 saturated carbocycles. The van der Waals surface area contributed by atoms with Gasteiger partial charge in [-0.05, 0) is 60.7 Å². The number of hydrogen-bond acceptors (Lipinski definition) is 1. The van der Waals surface area contributed by atoms with Gasteiger partial charge in [-0.25, -0.2) is 0 Å². The van der Waals surface area contributed by atoms with Gasteiger partial charge in [0.05, 0.1) is 0 Å². The van der Waals surface area contributed by atoms with Crippen LogP contribution in [-0.4, -0.2) is 0 Å². The molecule has 0 spiro atoms. The lowest BCUT2D eigenvalue weighted by Gasteiger charge is -2.20. The van der Waals surface area contributed by atoms with Gasteiger partial charge in [0.2, 0.25) is 0 Å². The molecule has 168 valence electrons. The van der Waals surface area contributed by atoms with E-state index in [1.165, 1.54) is 37.7 Å². The van der Waals surface area contributed by atoms with E-state index < -0.39 is 8.15 Å². The Bertz CT molecular complexity index is 1530. The van der Waals surface area contributed by atoms with Crippen LogP contribution in [0.4, 0.5) is 0 Å². The Morgan fingerprint density at radius 3 is 1.51 bits per heavy atom. The number of hydrogen-bond donors (Lipinski definition) is 0. The fraction of sp³-hybridized carbons (Fsp3) is 0. The number of halogens is 1. The molecular formula is C32H22BrOP. The molecule has 6 aromatic rings. The first-order valence-corrected chi connectivity index (χ1v) is 13.6. The van der Waals surface area contributed by atoms with E-state index in [1.54, 1.807) is 0 Å². The lowest BCUT2D eigenvalue weighted by atomic mass is 9.92. The van der Waals surface area contributed by atoms with Crippen LogP contribution in [-0.2, 0) is 0 Å². The van der Waals surface area contributed by atoms with E-state index >= 15 is 0 Å². The minimum atomic E-state index is -0.990. The molecule has 0 aromatic heterocycles. The zero-order valence-corrected chi connectivity index (χ0v) is 21.4. The molecule has 3 heteroatoms. The molecule has 0 aliphatic rings. The zero-order chi connectivity index (χ0) is 23.6. The van der Waals surface area contributed by atoms with Crippen molar-refractivity contribution < 1.29 is 4.52 Å². The van der Waals surface area contributed by atoms with Crippen molar-refractivity contribution >= 4 is 56.2 Å². The highest BCUT2D eigenvalue weighted by Crippen LogP contribution is 2.43. The topological polar surface area (TPSA) is 9.23 Å². The summed E-state index contributed by atoms with van der Waals surface area (Å²) < 4.78 is 7.89. The molecule has 6 rings (SSSR count). The fourth-order valence-corrected chi connectivity index (χ4v) is 6.99. The highest BCUT2D eigenvalue weighted by atomic mass is 79.9. The molecule has 1 nitrogen and oxygen atoms in total. The predicted molar refractivity (Wildman–Crippen MR) is 154 cm³/mol. The zero-order valence-electron chi connectivity index (χ0n) is 18.9. The molecule has 0 atom stereocenters. The minimum Gasteiger partial charge on any atom is -0.464 e. The lowest BCUT2D eigenvalue weighted by molar-refractivity contribution is 0.630. The maximum absolute atomic E-state index is 6.75. The molecule has 35 heavy (non-hydrogen) atoms. The molecular weight excluding hydrogens is 511 g/mol. The van der Waals surface area contributed by atoms with Crippen molar-refractivity contribution in [3.05, 3.63) is 138 Å². The molecule has 0 N–H and O–H groups in total. The summed E-state index contributed by atoms with van der Waals surface area (Å²) in [6.45, 7) is 0. The lowest BCUT2D eigenvalue weighted by Crippen LogP contribution is -2.15. The third-order valence-corrected chi connectivity index (χ3v) is 8.95. The standard InChI is InChI=1S/C32H22BrOP/c33-32-29-20-9-7-18-27(29)31(28-19-8-10-21-30(28)32)23-12-11-13-24(22-23)34-35(25-14-3-1-4-15-25)26-16-5-2-6-17-26/h1-22H. The van der Waals surface area contributed by atoms with Crippen LogP contribution in [0.15, 0.2) is 138 Å². The van der Waals surface area contributed by atoms with Crippen LogP contribution in [0.2, 0.25) is 0 Å². The first-order chi connectivity index (χ1) is 17.3. The van der Waals surface area contributed by atoms with Gasteiger partial charge in [0.1, 0.15) is 5.75 Å². The Hall–Kier alpha value is -3.45. The SMILES string of the molecule is Brc1c2ccccc2c(-c2cccc(OP(c3ccccc3)c3ccccc3)c2)c2ccccc12. The summed E-state index contributed by atoms with van der Waals surface area (Å²) in [5.74, 6) is 0.873. The average molecular weight is 533 g/mol. The van der Waals surface area contributed by atoms with Gasteiger partial charge in [-0.1, -0.05) is 121 Å². The van der Waals surface area contributed by atoms with Crippen LogP contribution in [0, 0.1) is 0 Å². The van der Waals surface area contributed by atoms with Crippen molar-refractivity contribution in [1.29, 1.82) is 0 Å². The summed E-state index contributed by atoms with van der Waals surface area (Å²) in [7, 11) is -0.990. The Morgan fingerprint density at radius 1 is 0.486 bits per heavy atom. The third-order valence-electron chi connectivity index (χ3n) is 6.17. The maximum atomic E-state index is 6.75. The van der Waals surface area contributed by atoms with Crippen molar-refractivity contribution in [3.63, 3.8) is 0 Å². The van der Waals surface area contributed by atoms with Crippen molar-refractivity contribution in [1.82, 2.24) is 0 Å². The van der Waals surface area contributed by atoms with Crippen LogP contribution >= 0.6 is 24.1 Å². The molecule has 0 bridgehead atoms. The number of benzene rings is 6. The Kier molecular flexibility index (Phi) is 6.08. The van der Waals surface area contributed by atoms with Gasteiger partial charge in [0.15, 0.2) is 8.15 Å². The van der Waals surface area contributed by atoms with Gasteiger partial charge in [0, 0.05) is 15.1 Å². The fourth-order valence-electron chi connectivity index (χ4n) is 4.58. The summed E-state index contributed by atoms with van der Waals surface area (Å²) in [6, 6.07) is 46.7. The minimum absolute atomic E-state index is 0.873. The summed E-state index contributed by atoms with van der Waals surface area (Å²) in [4.78, 5) is 0. The molecule has 0 heterocycles. The smallest absolute Gasteiger partial charge is 0.150 e. The van der Waals surface area contributed by atoms with Gasteiger partial charge in [-0.15, -0.1) is 0 Å². The Balaban J connectivity index is 1.50. The molecule has 0 amide bonds. The first kappa shape index (κ1) is 22.0. The van der Waals surface area contributed by atoms with Gasteiger partial charge in [-0.2, -0.15) is 0 Å².